The van der Waals surface area contributed by atoms with E-state index in [0.717, 1.165) is 0 Å². The molecule has 0 bridgehead atoms. The van der Waals surface area contributed by atoms with Crippen LogP contribution in [0.3, 0.4) is 0 Å². The molecule has 0 radical (unpaired) electrons. The van der Waals surface area contributed by atoms with Gasteiger partial charge in [0, 0.05) is 12.2 Å². The van der Waals surface area contributed by atoms with E-state index in [0.29, 0.717) is 0 Å². The molecule has 0 aliphatic carbocycles. The maximum Gasteiger partial charge on any atom is 0.330 e. The summed E-state index contributed by atoms with van der Waals surface area (Å²) in [5.41, 5.74) is 0. The van der Waals surface area contributed by atoms with E-state index in [1.807, 2.05) is 0 Å². The standard InChI is InChI=1S/2C5H8O2/c2*1-3-4-5(6)7-2/h2*3-4H,1-2H3/b2*4-3+. The van der Waals surface area contributed by atoms with Crippen LogP contribution in [0.15, 0.2) is 24.3 Å². The normalized spacial score (nSPS) is 9.43. The zero-order chi connectivity index (χ0) is 11.4. The largest absolute Gasteiger partial charge is 0.466 e. The van der Waals surface area contributed by atoms with E-state index in [9.17, 15) is 9.59 Å². The Labute approximate surface area is 84.2 Å². The van der Waals surface area contributed by atoms with Crippen molar-refractivity contribution in [1.29, 1.82) is 0 Å². The molecular formula is C10H16O4. The highest BCUT2D eigenvalue weighted by atomic mass is 16.5. The topological polar surface area (TPSA) is 52.6 Å². The molecule has 0 atom stereocenters. The van der Waals surface area contributed by atoms with Crippen LogP contribution in [-0.2, 0) is 19.1 Å². The zero-order valence-corrected chi connectivity index (χ0v) is 8.94. The molecule has 0 saturated carbocycles. The van der Waals surface area contributed by atoms with Gasteiger partial charge in [-0.05, 0) is 13.8 Å². The van der Waals surface area contributed by atoms with Crippen molar-refractivity contribution < 1.29 is 19.1 Å². The minimum atomic E-state index is -0.303. The van der Waals surface area contributed by atoms with Crippen molar-refractivity contribution in [3.63, 3.8) is 0 Å². The molecule has 0 aromatic heterocycles. The van der Waals surface area contributed by atoms with Crippen LogP contribution in [0.4, 0.5) is 0 Å². The lowest BCUT2D eigenvalue weighted by molar-refractivity contribution is -0.135. The fourth-order valence-electron chi connectivity index (χ4n) is 0.408. The fraction of sp³-hybridized carbons (Fsp3) is 0.400. The molecule has 80 valence electrons. The molecule has 0 heterocycles. The van der Waals surface area contributed by atoms with Gasteiger partial charge in [0.2, 0.25) is 0 Å². The van der Waals surface area contributed by atoms with Crippen LogP contribution in [0.5, 0.6) is 0 Å². The Kier molecular flexibility index (Phi) is 12.2. The smallest absolute Gasteiger partial charge is 0.330 e. The van der Waals surface area contributed by atoms with E-state index < -0.39 is 0 Å². The summed E-state index contributed by atoms with van der Waals surface area (Å²) in [6.45, 7) is 3.52. The first-order valence-electron chi connectivity index (χ1n) is 4.03. The first kappa shape index (κ1) is 14.9. The summed E-state index contributed by atoms with van der Waals surface area (Å²) in [5, 5.41) is 0. The summed E-state index contributed by atoms with van der Waals surface area (Å²) < 4.78 is 8.53. The predicted molar refractivity (Wildman–Crippen MR) is 53.7 cm³/mol. The number of ether oxygens (including phenoxy) is 2. The Balaban J connectivity index is 0. The van der Waals surface area contributed by atoms with E-state index in [1.54, 1.807) is 26.0 Å². The summed E-state index contributed by atoms with van der Waals surface area (Å²) in [6.07, 6.45) is 5.98. The van der Waals surface area contributed by atoms with Crippen LogP contribution >= 0.6 is 0 Å². The van der Waals surface area contributed by atoms with Gasteiger partial charge in [0.15, 0.2) is 0 Å². The summed E-state index contributed by atoms with van der Waals surface area (Å²) in [6, 6.07) is 0. The number of carbonyl (C=O) groups excluding carboxylic acids is 2. The molecule has 0 aliphatic rings. The first-order chi connectivity index (χ1) is 6.62. The predicted octanol–water partition coefficient (Wildman–Crippen LogP) is 1.47. The monoisotopic (exact) mass is 200 g/mol. The van der Waals surface area contributed by atoms with Gasteiger partial charge in [0.1, 0.15) is 0 Å². The van der Waals surface area contributed by atoms with Crippen molar-refractivity contribution in [2.75, 3.05) is 14.2 Å². The Hall–Kier alpha value is -1.58. The highest BCUT2D eigenvalue weighted by Crippen LogP contribution is 1.74. The third kappa shape index (κ3) is 13.0. The fourth-order valence-corrected chi connectivity index (χ4v) is 0.408. The molecule has 0 amide bonds. The Morgan fingerprint density at radius 1 is 0.857 bits per heavy atom. The van der Waals surface area contributed by atoms with Gasteiger partial charge in [-0.2, -0.15) is 0 Å². The number of hydrogen-bond donors (Lipinski definition) is 0. The maximum absolute atomic E-state index is 10.1. The number of esters is 2. The molecule has 0 spiro atoms. The molecule has 0 unspecified atom stereocenters. The van der Waals surface area contributed by atoms with Gasteiger partial charge >= 0.3 is 11.9 Å². The van der Waals surface area contributed by atoms with Crippen molar-refractivity contribution in [2.24, 2.45) is 0 Å². The Bertz CT molecular complexity index is 192. The van der Waals surface area contributed by atoms with Crippen molar-refractivity contribution in [2.45, 2.75) is 13.8 Å². The second-order valence-corrected chi connectivity index (χ2v) is 2.05. The molecule has 0 aromatic rings. The first-order valence-corrected chi connectivity index (χ1v) is 4.03. The van der Waals surface area contributed by atoms with Gasteiger partial charge in [0.25, 0.3) is 0 Å². The Morgan fingerprint density at radius 2 is 1.14 bits per heavy atom. The van der Waals surface area contributed by atoms with Crippen molar-refractivity contribution >= 4 is 11.9 Å². The van der Waals surface area contributed by atoms with E-state index >= 15 is 0 Å². The van der Waals surface area contributed by atoms with Gasteiger partial charge in [-0.3, -0.25) is 0 Å². The molecular weight excluding hydrogens is 184 g/mol. The van der Waals surface area contributed by atoms with E-state index in [4.69, 9.17) is 0 Å². The third-order valence-corrected chi connectivity index (χ3v) is 1.01. The van der Waals surface area contributed by atoms with Gasteiger partial charge in [-0.25, -0.2) is 9.59 Å². The average Bonchev–Trinajstić information content (AvgIpc) is 2.19. The zero-order valence-electron chi connectivity index (χ0n) is 8.94. The summed E-state index contributed by atoms with van der Waals surface area (Å²) in [7, 11) is 2.70. The van der Waals surface area contributed by atoms with Crippen LogP contribution in [0.25, 0.3) is 0 Å². The van der Waals surface area contributed by atoms with E-state index in [-0.39, 0.29) is 11.9 Å². The second kappa shape index (κ2) is 11.4. The van der Waals surface area contributed by atoms with Crippen molar-refractivity contribution in [1.82, 2.24) is 0 Å². The third-order valence-electron chi connectivity index (χ3n) is 1.01. The lowest BCUT2D eigenvalue weighted by Gasteiger charge is -1.84. The molecule has 0 N–H and O–H groups in total. The summed E-state index contributed by atoms with van der Waals surface area (Å²) in [4.78, 5) is 20.2. The van der Waals surface area contributed by atoms with E-state index in [2.05, 4.69) is 9.47 Å². The molecule has 4 nitrogen and oxygen atoms in total. The van der Waals surface area contributed by atoms with Gasteiger partial charge in [0.05, 0.1) is 14.2 Å². The lowest BCUT2D eigenvalue weighted by atomic mass is 10.5. The van der Waals surface area contributed by atoms with Gasteiger partial charge in [-0.15, -0.1) is 0 Å². The highest BCUT2D eigenvalue weighted by Gasteiger charge is 1.84. The SMILES string of the molecule is C/C=C/C(=O)OC.C/C=C/C(=O)OC. The molecule has 14 heavy (non-hydrogen) atoms. The maximum atomic E-state index is 10.1. The molecule has 0 rings (SSSR count). The van der Waals surface area contributed by atoms with E-state index in [1.165, 1.54) is 26.4 Å². The van der Waals surface area contributed by atoms with Crippen LogP contribution in [0.2, 0.25) is 0 Å². The van der Waals surface area contributed by atoms with Crippen LogP contribution in [0, 0.1) is 0 Å². The minimum absolute atomic E-state index is 0.303. The number of rotatable bonds is 2. The van der Waals surface area contributed by atoms with Gasteiger partial charge in [-0.1, -0.05) is 12.2 Å². The number of hydrogen-bond acceptors (Lipinski definition) is 4. The van der Waals surface area contributed by atoms with Crippen LogP contribution in [0.1, 0.15) is 13.8 Å². The minimum Gasteiger partial charge on any atom is -0.466 e. The van der Waals surface area contributed by atoms with Gasteiger partial charge < -0.3 is 9.47 Å². The molecule has 4 heteroatoms. The number of methoxy groups -OCH3 is 2. The second-order valence-electron chi connectivity index (χ2n) is 2.05. The molecule has 0 aliphatic heterocycles. The highest BCUT2D eigenvalue weighted by molar-refractivity contribution is 5.81. The quantitative estimate of drug-likeness (QED) is 0.500. The summed E-state index contributed by atoms with van der Waals surface area (Å²) >= 11 is 0. The Morgan fingerprint density at radius 3 is 1.21 bits per heavy atom. The molecule has 0 fully saturated rings. The van der Waals surface area contributed by atoms with Crippen molar-refractivity contribution in [3.8, 4) is 0 Å². The lowest BCUT2D eigenvalue weighted by Crippen LogP contribution is -1.92. The number of carbonyl (C=O) groups is 2. The van der Waals surface area contributed by atoms with Crippen molar-refractivity contribution in [3.05, 3.63) is 24.3 Å². The summed E-state index contributed by atoms with van der Waals surface area (Å²) in [5.74, 6) is -0.606. The average molecular weight is 200 g/mol. The molecule has 0 aromatic carbocycles. The van der Waals surface area contributed by atoms with Crippen LogP contribution in [-0.4, -0.2) is 26.2 Å². The van der Waals surface area contributed by atoms with Crippen LogP contribution < -0.4 is 0 Å². The molecule has 0 saturated heterocycles. The number of allylic oxidation sites excluding steroid dienone is 2.